The van der Waals surface area contributed by atoms with Gasteiger partial charge < -0.3 is 9.63 Å². The largest absolute Gasteiger partial charge is 0.472 e. The van der Waals surface area contributed by atoms with Crippen molar-refractivity contribution in [3.63, 3.8) is 0 Å². The van der Waals surface area contributed by atoms with Crippen LogP contribution in [0.5, 0.6) is 0 Å². The van der Waals surface area contributed by atoms with Gasteiger partial charge >= 0.3 is 13.5 Å². The fourth-order valence-electron chi connectivity index (χ4n) is 2.36. The molecule has 1 aromatic heterocycles. The number of rotatable bonds is 5. The first kappa shape index (κ1) is 17.1. The van der Waals surface area contributed by atoms with E-state index in [1.54, 1.807) is 6.92 Å². The number of nitrogens with one attached hydrogen (secondary N) is 1. The molecular formula is C12H19N2O7P. The minimum Gasteiger partial charge on any atom is -0.352 e. The highest BCUT2D eigenvalue weighted by Crippen LogP contribution is 2.47. The number of hydrogen-bond donors (Lipinski definition) is 2. The van der Waals surface area contributed by atoms with Gasteiger partial charge in [-0.15, -0.1) is 0 Å². The summed E-state index contributed by atoms with van der Waals surface area (Å²) >= 11 is 0. The monoisotopic (exact) mass is 334 g/mol. The lowest BCUT2D eigenvalue weighted by molar-refractivity contribution is -0.0223. The van der Waals surface area contributed by atoms with Crippen LogP contribution in [0.25, 0.3) is 0 Å². The zero-order valence-electron chi connectivity index (χ0n) is 12.5. The highest BCUT2D eigenvalue weighted by Gasteiger charge is 2.40. The summed E-state index contributed by atoms with van der Waals surface area (Å²) in [6.45, 7) is 3.40. The molecule has 1 aliphatic heterocycles. The lowest BCUT2D eigenvalue weighted by Crippen LogP contribution is -2.33. The summed E-state index contributed by atoms with van der Waals surface area (Å²) in [5.74, 6) is 0. The fraction of sp³-hybridized carbons (Fsp3) is 0.667. The Morgan fingerprint density at radius 2 is 2.23 bits per heavy atom. The van der Waals surface area contributed by atoms with Crippen LogP contribution < -0.4 is 11.2 Å². The van der Waals surface area contributed by atoms with E-state index in [9.17, 15) is 19.0 Å². The standard InChI is InChI=1S/C12H19N2O7P/c1-4-8-9(21-22(17,18)19-3)5-10(20-8)14-6-7(2)11(15)13-12(14)16/h6,8-10H,4-5H2,1-3H3,(H,17,18)(H,13,15,16). The predicted octanol–water partition coefficient (Wildman–Crippen LogP) is 0.675. The van der Waals surface area contributed by atoms with E-state index in [0.717, 1.165) is 7.11 Å². The molecule has 1 saturated heterocycles. The lowest BCUT2D eigenvalue weighted by Gasteiger charge is -2.18. The van der Waals surface area contributed by atoms with Gasteiger partial charge in [0.25, 0.3) is 5.56 Å². The van der Waals surface area contributed by atoms with Crippen molar-refractivity contribution in [2.45, 2.75) is 45.1 Å². The van der Waals surface area contributed by atoms with Crippen molar-refractivity contribution in [1.82, 2.24) is 9.55 Å². The molecule has 4 atom stereocenters. The molecule has 0 aliphatic carbocycles. The van der Waals surface area contributed by atoms with E-state index in [1.807, 2.05) is 6.92 Å². The van der Waals surface area contributed by atoms with Crippen LogP contribution >= 0.6 is 7.82 Å². The van der Waals surface area contributed by atoms with Gasteiger partial charge in [-0.1, -0.05) is 6.92 Å². The molecule has 4 unspecified atom stereocenters. The van der Waals surface area contributed by atoms with E-state index in [1.165, 1.54) is 10.8 Å². The molecule has 0 saturated carbocycles. The van der Waals surface area contributed by atoms with Crippen molar-refractivity contribution < 1.29 is 23.2 Å². The van der Waals surface area contributed by atoms with Crippen LogP contribution in [0.3, 0.4) is 0 Å². The molecule has 1 aromatic rings. The van der Waals surface area contributed by atoms with Crippen LogP contribution in [-0.4, -0.2) is 33.8 Å². The van der Waals surface area contributed by atoms with Gasteiger partial charge in [-0.2, -0.15) is 0 Å². The second-order valence-electron chi connectivity index (χ2n) is 5.05. The molecule has 22 heavy (non-hydrogen) atoms. The van der Waals surface area contributed by atoms with Crippen molar-refractivity contribution >= 4 is 7.82 Å². The third-order valence-electron chi connectivity index (χ3n) is 3.54. The van der Waals surface area contributed by atoms with Crippen LogP contribution in [0, 0.1) is 6.92 Å². The van der Waals surface area contributed by atoms with Crippen LogP contribution in [0.4, 0.5) is 0 Å². The Labute approximate surface area is 126 Å². The lowest BCUT2D eigenvalue weighted by atomic mass is 10.1. The van der Waals surface area contributed by atoms with Gasteiger partial charge in [0.2, 0.25) is 0 Å². The Morgan fingerprint density at radius 3 is 2.82 bits per heavy atom. The molecule has 1 aliphatic rings. The van der Waals surface area contributed by atoms with Gasteiger partial charge in [0.15, 0.2) is 0 Å². The van der Waals surface area contributed by atoms with E-state index in [4.69, 9.17) is 9.26 Å². The maximum absolute atomic E-state index is 11.9. The van der Waals surface area contributed by atoms with E-state index in [2.05, 4.69) is 9.51 Å². The average Bonchev–Trinajstić information content (AvgIpc) is 2.84. The predicted molar refractivity (Wildman–Crippen MR) is 76.6 cm³/mol. The number of aryl methyl sites for hydroxylation is 1. The summed E-state index contributed by atoms with van der Waals surface area (Å²) in [5, 5.41) is 0. The van der Waals surface area contributed by atoms with Crippen LogP contribution in [0.15, 0.2) is 15.8 Å². The van der Waals surface area contributed by atoms with Gasteiger partial charge in [0.05, 0.1) is 12.2 Å². The molecule has 1 fully saturated rings. The number of nitrogens with zero attached hydrogens (tertiary/aromatic N) is 1. The Kier molecular flexibility index (Phi) is 5.03. The zero-order chi connectivity index (χ0) is 16.5. The normalized spacial score (nSPS) is 27.7. The van der Waals surface area contributed by atoms with E-state index in [0.29, 0.717) is 12.0 Å². The molecule has 0 amide bonds. The first-order valence-corrected chi connectivity index (χ1v) is 8.31. The molecule has 10 heteroatoms. The smallest absolute Gasteiger partial charge is 0.352 e. The second kappa shape index (κ2) is 6.47. The molecule has 0 spiro atoms. The maximum atomic E-state index is 11.9. The molecule has 2 heterocycles. The topological polar surface area (TPSA) is 120 Å². The fourth-order valence-corrected chi connectivity index (χ4v) is 3.01. The van der Waals surface area contributed by atoms with Crippen molar-refractivity contribution in [1.29, 1.82) is 0 Å². The minimum atomic E-state index is -4.15. The summed E-state index contributed by atoms with van der Waals surface area (Å²) in [7, 11) is -3.07. The number of phosphoric acid groups is 1. The first-order chi connectivity index (χ1) is 10.3. The zero-order valence-corrected chi connectivity index (χ0v) is 13.4. The van der Waals surface area contributed by atoms with E-state index < -0.39 is 37.5 Å². The Bertz CT molecular complexity index is 697. The highest BCUT2D eigenvalue weighted by molar-refractivity contribution is 7.47. The molecule has 0 aromatic carbocycles. The SMILES string of the molecule is CCC1OC(n2cc(C)c(=O)[nH]c2=O)CC1OP(=O)(O)OC. The summed E-state index contributed by atoms with van der Waals surface area (Å²) in [6, 6.07) is 0. The molecule has 124 valence electrons. The maximum Gasteiger partial charge on any atom is 0.472 e. The molecule has 2 N–H and O–H groups in total. The van der Waals surface area contributed by atoms with Gasteiger partial charge in [0.1, 0.15) is 6.23 Å². The third-order valence-corrected chi connectivity index (χ3v) is 4.54. The Balaban J connectivity index is 2.25. The average molecular weight is 334 g/mol. The van der Waals surface area contributed by atoms with Crippen molar-refractivity contribution in [3.05, 3.63) is 32.6 Å². The number of aromatic amines is 1. The number of aromatic nitrogens is 2. The van der Waals surface area contributed by atoms with Crippen molar-refractivity contribution in [2.24, 2.45) is 0 Å². The van der Waals surface area contributed by atoms with E-state index >= 15 is 0 Å². The summed E-state index contributed by atoms with van der Waals surface area (Å²) < 4.78 is 28.0. The Morgan fingerprint density at radius 1 is 1.55 bits per heavy atom. The van der Waals surface area contributed by atoms with Crippen LogP contribution in [-0.2, 0) is 18.3 Å². The summed E-state index contributed by atoms with van der Waals surface area (Å²) in [4.78, 5) is 34.9. The van der Waals surface area contributed by atoms with Crippen LogP contribution in [0.1, 0.15) is 31.6 Å². The van der Waals surface area contributed by atoms with Crippen molar-refractivity contribution in [3.8, 4) is 0 Å². The number of phosphoric ester groups is 1. The molecule has 0 bridgehead atoms. The quantitative estimate of drug-likeness (QED) is 0.760. The minimum absolute atomic E-state index is 0.192. The number of H-pyrrole nitrogens is 1. The number of ether oxygens (including phenoxy) is 1. The molecule has 2 rings (SSSR count). The van der Waals surface area contributed by atoms with Gasteiger partial charge in [-0.05, 0) is 13.3 Å². The molecular weight excluding hydrogens is 315 g/mol. The highest BCUT2D eigenvalue weighted by atomic mass is 31.2. The van der Waals surface area contributed by atoms with Gasteiger partial charge in [-0.3, -0.25) is 23.4 Å². The third kappa shape index (κ3) is 3.56. The Hall–Kier alpha value is -1.25. The van der Waals surface area contributed by atoms with Gasteiger partial charge in [-0.25, -0.2) is 9.36 Å². The van der Waals surface area contributed by atoms with Crippen LogP contribution in [0.2, 0.25) is 0 Å². The second-order valence-corrected chi connectivity index (χ2v) is 6.56. The molecule has 0 radical (unpaired) electrons. The van der Waals surface area contributed by atoms with E-state index in [-0.39, 0.29) is 6.42 Å². The summed E-state index contributed by atoms with van der Waals surface area (Å²) in [6.07, 6.45) is 0.287. The summed E-state index contributed by atoms with van der Waals surface area (Å²) in [5.41, 5.74) is -0.696. The van der Waals surface area contributed by atoms with Crippen molar-refractivity contribution in [2.75, 3.05) is 7.11 Å². The first-order valence-electron chi connectivity index (χ1n) is 6.82. The number of hydrogen-bond acceptors (Lipinski definition) is 6. The molecule has 9 nitrogen and oxygen atoms in total. The van der Waals surface area contributed by atoms with Gasteiger partial charge in [0, 0.05) is 25.3 Å².